The molecule has 3 aromatic heterocycles. The summed E-state index contributed by atoms with van der Waals surface area (Å²) < 4.78 is 54.0. The lowest BCUT2D eigenvalue weighted by Gasteiger charge is -2.32. The molecule has 1 N–H and O–H groups in total. The molecular weight excluding hydrogens is 471 g/mol. The maximum absolute atomic E-state index is 15.2. The number of nitrogens with one attached hydrogen (secondary N) is 1. The van der Waals surface area contributed by atoms with Crippen molar-refractivity contribution in [2.45, 2.75) is 32.3 Å². The van der Waals surface area contributed by atoms with Crippen molar-refractivity contribution < 1.29 is 19.5 Å². The second-order valence-corrected chi connectivity index (χ2v) is 9.61. The molecule has 4 aromatic rings. The molecular formula is C28H27FN6O2. The van der Waals surface area contributed by atoms with Crippen LogP contribution in [0.3, 0.4) is 0 Å². The van der Waals surface area contributed by atoms with Crippen LogP contribution in [0.1, 0.15) is 41.6 Å². The highest BCUT2D eigenvalue weighted by Crippen LogP contribution is 2.37. The number of nitrogens with zero attached hydrogens (tertiary/aromatic N) is 5. The lowest BCUT2D eigenvalue weighted by atomic mass is 10.0. The first-order valence-corrected chi connectivity index (χ1v) is 12.4. The fourth-order valence-electron chi connectivity index (χ4n) is 5.62. The van der Waals surface area contributed by atoms with Crippen LogP contribution in [0.15, 0.2) is 48.9 Å². The van der Waals surface area contributed by atoms with Crippen LogP contribution in [0.2, 0.25) is 0 Å². The van der Waals surface area contributed by atoms with Gasteiger partial charge in [0.25, 0.3) is 0 Å². The number of hydrogen-bond donors (Lipinski definition) is 1. The number of benzene rings is 1. The summed E-state index contributed by atoms with van der Waals surface area (Å²) >= 11 is 0. The van der Waals surface area contributed by atoms with E-state index in [0.717, 1.165) is 28.7 Å². The number of fused-ring (bicyclic) bond motifs is 1. The molecule has 3 aliphatic rings. The van der Waals surface area contributed by atoms with E-state index in [2.05, 4.69) is 10.3 Å². The number of piperidine rings is 1. The van der Waals surface area contributed by atoms with Gasteiger partial charge in [0.15, 0.2) is 5.78 Å². The van der Waals surface area contributed by atoms with Crippen LogP contribution in [0.5, 0.6) is 0 Å². The van der Waals surface area contributed by atoms with E-state index < -0.39 is 24.8 Å². The first-order valence-electron chi connectivity index (χ1n) is 14.4. The van der Waals surface area contributed by atoms with E-state index in [9.17, 15) is 9.59 Å². The van der Waals surface area contributed by atoms with Crippen LogP contribution in [0.4, 0.5) is 9.18 Å². The Hall–Kier alpha value is -4.14. The Morgan fingerprint density at radius 2 is 1.97 bits per heavy atom. The van der Waals surface area contributed by atoms with E-state index in [-0.39, 0.29) is 30.0 Å². The van der Waals surface area contributed by atoms with Crippen molar-refractivity contribution >= 4 is 39.6 Å². The van der Waals surface area contributed by atoms with Gasteiger partial charge in [0.2, 0.25) is 0 Å². The Morgan fingerprint density at radius 3 is 2.84 bits per heavy atom. The molecule has 3 aliphatic heterocycles. The predicted molar refractivity (Wildman–Crippen MR) is 138 cm³/mol. The molecule has 1 fully saturated rings. The minimum atomic E-state index is -2.78. The van der Waals surface area contributed by atoms with E-state index in [4.69, 9.17) is 5.48 Å². The molecule has 7 rings (SSSR count). The molecule has 6 heterocycles. The number of amides is 2. The maximum Gasteiger partial charge on any atom is 0.320 e. The number of imidazole rings is 1. The lowest BCUT2D eigenvalue weighted by molar-refractivity contribution is -0.112. The van der Waals surface area contributed by atoms with Gasteiger partial charge in [-0.25, -0.2) is 14.2 Å². The minimum Gasteiger partial charge on any atom is -0.376 e. The number of hydrogen-bond acceptors (Lipinski definition) is 4. The predicted octanol–water partition coefficient (Wildman–Crippen LogP) is 3.89. The standard InChI is InChI=1S/C28H27FN6O2/c29-19-12-18-16-34(28(37)32-7-3-1-4-8-32)11-10-33-17-21(20(13-19)27(18)33)26-25(23(36)15-31-26)22-14-30-24-6-2-5-9-35(22)24/h2,5-6,9,12-14,17,31H,1,3-4,7-8,10-11,15-16H2/i10D2,11D2. The molecule has 8 nitrogen and oxygen atoms in total. The van der Waals surface area contributed by atoms with Gasteiger partial charge in [-0.15, -0.1) is 0 Å². The molecule has 9 heteroatoms. The van der Waals surface area contributed by atoms with Crippen LogP contribution in [0, 0.1) is 5.82 Å². The molecule has 1 saturated heterocycles. The van der Waals surface area contributed by atoms with E-state index in [1.165, 1.54) is 18.3 Å². The Labute approximate surface area is 218 Å². The van der Waals surface area contributed by atoms with Crippen LogP contribution >= 0.6 is 0 Å². The second-order valence-electron chi connectivity index (χ2n) is 9.61. The molecule has 0 bridgehead atoms. The van der Waals surface area contributed by atoms with E-state index in [1.807, 2.05) is 18.2 Å². The quantitative estimate of drug-likeness (QED) is 0.451. The third kappa shape index (κ3) is 3.52. The van der Waals surface area contributed by atoms with Crippen molar-refractivity contribution in [3.63, 3.8) is 0 Å². The van der Waals surface area contributed by atoms with Crippen LogP contribution in [-0.2, 0) is 17.8 Å². The molecule has 0 radical (unpaired) electrons. The van der Waals surface area contributed by atoms with Gasteiger partial charge in [-0.3, -0.25) is 9.20 Å². The third-order valence-corrected chi connectivity index (χ3v) is 7.33. The number of carbonyl (C=O) groups excluding carboxylic acids is 2. The summed E-state index contributed by atoms with van der Waals surface area (Å²) in [5.41, 5.74) is 2.81. The number of aryl methyl sites for hydroxylation is 1. The molecule has 0 aliphatic carbocycles. The summed E-state index contributed by atoms with van der Waals surface area (Å²) in [5.74, 6) is -0.812. The van der Waals surface area contributed by atoms with E-state index >= 15 is 4.39 Å². The molecule has 188 valence electrons. The number of ketones is 1. The average Bonchev–Trinajstić information content (AvgIpc) is 3.65. The van der Waals surface area contributed by atoms with Gasteiger partial charge in [0.05, 0.1) is 40.7 Å². The van der Waals surface area contributed by atoms with Crippen molar-refractivity contribution in [1.82, 2.24) is 29.1 Å². The number of aromatic nitrogens is 3. The Kier molecular flexibility index (Phi) is 4.16. The highest BCUT2D eigenvalue weighted by atomic mass is 19.1. The minimum absolute atomic E-state index is 0.00852. The summed E-state index contributed by atoms with van der Waals surface area (Å²) in [6.07, 6.45) is 7.35. The molecule has 0 unspecified atom stereocenters. The molecule has 37 heavy (non-hydrogen) atoms. The maximum atomic E-state index is 15.2. The number of carbonyl (C=O) groups is 2. The zero-order valence-corrected chi connectivity index (χ0v) is 20.0. The van der Waals surface area contributed by atoms with E-state index in [0.29, 0.717) is 46.7 Å². The largest absolute Gasteiger partial charge is 0.376 e. The number of pyridine rings is 1. The molecule has 0 atom stereocenters. The highest BCUT2D eigenvalue weighted by molar-refractivity contribution is 6.32. The summed E-state index contributed by atoms with van der Waals surface area (Å²) in [6.45, 7) is -4.91. The number of rotatable bonds is 2. The highest BCUT2D eigenvalue weighted by Gasteiger charge is 2.32. The van der Waals surface area contributed by atoms with Crippen molar-refractivity contribution in [2.24, 2.45) is 0 Å². The van der Waals surface area contributed by atoms with Gasteiger partial charge in [0, 0.05) is 56.0 Å². The summed E-state index contributed by atoms with van der Waals surface area (Å²) in [7, 11) is 0. The molecule has 1 aromatic carbocycles. The number of urea groups is 1. The first-order chi connectivity index (χ1) is 19.6. The topological polar surface area (TPSA) is 74.9 Å². The summed E-state index contributed by atoms with van der Waals surface area (Å²) in [4.78, 5) is 33.6. The molecule has 0 spiro atoms. The van der Waals surface area contributed by atoms with E-state index in [1.54, 1.807) is 21.7 Å². The normalized spacial score (nSPS) is 22.5. The fraction of sp³-hybridized carbons (Fsp3) is 0.321. The lowest BCUT2D eigenvalue weighted by Crippen LogP contribution is -2.45. The number of Topliss-reactive ketones (excluding diaryl/α,β-unsaturated/α-hetero) is 1. The third-order valence-electron chi connectivity index (χ3n) is 7.33. The first kappa shape index (κ1) is 18.2. The Bertz CT molecular complexity index is 1790. The van der Waals surface area contributed by atoms with Gasteiger partial charge in [0.1, 0.15) is 11.5 Å². The van der Waals surface area contributed by atoms with Crippen LogP contribution < -0.4 is 5.32 Å². The van der Waals surface area contributed by atoms with Gasteiger partial charge < -0.3 is 19.7 Å². The van der Waals surface area contributed by atoms with Crippen molar-refractivity contribution in [1.29, 1.82) is 0 Å². The van der Waals surface area contributed by atoms with Gasteiger partial charge in [-0.1, -0.05) is 6.07 Å². The van der Waals surface area contributed by atoms with Crippen molar-refractivity contribution in [3.05, 3.63) is 71.6 Å². The summed E-state index contributed by atoms with van der Waals surface area (Å²) in [6, 6.07) is 7.35. The van der Waals surface area contributed by atoms with Gasteiger partial charge in [-0.2, -0.15) is 0 Å². The Morgan fingerprint density at radius 1 is 1.11 bits per heavy atom. The van der Waals surface area contributed by atoms with Crippen molar-refractivity contribution in [3.8, 4) is 0 Å². The van der Waals surface area contributed by atoms with Crippen molar-refractivity contribution in [2.75, 3.05) is 26.1 Å². The number of halogens is 1. The second kappa shape index (κ2) is 8.47. The zero-order valence-electron chi connectivity index (χ0n) is 24.0. The summed E-state index contributed by atoms with van der Waals surface area (Å²) in [5, 5.41) is 3.43. The molecule has 2 amide bonds. The van der Waals surface area contributed by atoms with Gasteiger partial charge >= 0.3 is 6.03 Å². The zero-order chi connectivity index (χ0) is 28.7. The van der Waals surface area contributed by atoms with Crippen LogP contribution in [0.25, 0.3) is 27.8 Å². The average molecular weight is 503 g/mol. The molecule has 0 saturated carbocycles. The van der Waals surface area contributed by atoms with Gasteiger partial charge in [-0.05, 0) is 49.1 Å². The fourth-order valence-corrected chi connectivity index (χ4v) is 5.62. The Balaban J connectivity index is 1.44. The van der Waals surface area contributed by atoms with Crippen LogP contribution in [-0.4, -0.2) is 61.7 Å². The smallest absolute Gasteiger partial charge is 0.320 e. The number of likely N-dealkylation sites (tertiary alicyclic amines) is 1. The monoisotopic (exact) mass is 502 g/mol. The SMILES string of the molecule is [2H]C1([2H])N(C(=O)N2CCCCC2)Cc2cc(F)cc3c(C4=C(c5cnc6ccccn56)C(=O)CN4)cn(c23)C1([2H])[2H].